The second-order valence-electron chi connectivity index (χ2n) is 4.10. The van der Waals surface area contributed by atoms with E-state index in [1.807, 2.05) is 25.0 Å². The van der Waals surface area contributed by atoms with Crippen LogP contribution in [0.3, 0.4) is 0 Å². The Morgan fingerprint density at radius 1 is 1.22 bits per heavy atom. The molecule has 0 amide bonds. The zero-order valence-electron chi connectivity index (χ0n) is 10.6. The van der Waals surface area contributed by atoms with Crippen LogP contribution in [0.5, 0.6) is 0 Å². The Hall–Kier alpha value is -1.39. The molecule has 0 spiro atoms. The average molecular weight is 259 g/mol. The van der Waals surface area contributed by atoms with Crippen molar-refractivity contribution in [3.05, 3.63) is 54.1 Å². The molecule has 0 aliphatic rings. The molecule has 1 atom stereocenters. The molecule has 0 fully saturated rings. The summed E-state index contributed by atoms with van der Waals surface area (Å²) < 4.78 is 0. The van der Waals surface area contributed by atoms with Crippen molar-refractivity contribution in [3.8, 4) is 0 Å². The summed E-state index contributed by atoms with van der Waals surface area (Å²) in [6, 6.07) is 8.82. The fourth-order valence-electron chi connectivity index (χ4n) is 1.62. The lowest BCUT2D eigenvalue weighted by Gasteiger charge is -2.14. The molecule has 0 saturated heterocycles. The van der Waals surface area contributed by atoms with Crippen LogP contribution >= 0.6 is 11.8 Å². The topological polar surface area (TPSA) is 37.8 Å². The highest BCUT2D eigenvalue weighted by Crippen LogP contribution is 2.23. The summed E-state index contributed by atoms with van der Waals surface area (Å²) in [5.74, 6) is 0.943. The second kappa shape index (κ2) is 6.52. The van der Waals surface area contributed by atoms with E-state index in [-0.39, 0.29) is 6.04 Å². The molecule has 94 valence electrons. The van der Waals surface area contributed by atoms with E-state index in [1.54, 1.807) is 12.4 Å². The van der Waals surface area contributed by atoms with E-state index >= 15 is 0 Å². The van der Waals surface area contributed by atoms with Crippen LogP contribution in [0.1, 0.15) is 17.3 Å². The molecule has 1 unspecified atom stereocenters. The van der Waals surface area contributed by atoms with Gasteiger partial charge in [0.25, 0.3) is 0 Å². The molecule has 0 bridgehead atoms. The van der Waals surface area contributed by atoms with Crippen molar-refractivity contribution in [1.82, 2.24) is 15.3 Å². The Balaban J connectivity index is 1.97. The molecule has 1 aromatic heterocycles. The van der Waals surface area contributed by atoms with E-state index in [9.17, 15) is 0 Å². The molecule has 0 radical (unpaired) electrons. The number of rotatable bonds is 5. The van der Waals surface area contributed by atoms with E-state index in [1.165, 1.54) is 10.5 Å². The summed E-state index contributed by atoms with van der Waals surface area (Å²) >= 11 is 1.83. The summed E-state index contributed by atoms with van der Waals surface area (Å²) in [5.41, 5.74) is 2.28. The molecule has 18 heavy (non-hydrogen) atoms. The molecule has 2 aromatic rings. The number of hydrogen-bond donors (Lipinski definition) is 1. The predicted molar refractivity (Wildman–Crippen MR) is 75.7 cm³/mol. The zero-order chi connectivity index (χ0) is 12.8. The predicted octanol–water partition coefficient (Wildman–Crippen LogP) is 2.84. The van der Waals surface area contributed by atoms with Gasteiger partial charge in [0.1, 0.15) is 0 Å². The second-order valence-corrected chi connectivity index (χ2v) is 5.19. The maximum absolute atomic E-state index is 4.34. The first-order valence-corrected chi connectivity index (χ1v) is 6.91. The Morgan fingerprint density at radius 3 is 2.61 bits per heavy atom. The molecule has 1 aromatic carbocycles. The first-order valence-electron chi connectivity index (χ1n) is 5.92. The zero-order valence-corrected chi connectivity index (χ0v) is 11.4. The minimum Gasteiger partial charge on any atom is -0.311 e. The molecular formula is C14H17N3S. The van der Waals surface area contributed by atoms with Crippen LogP contribution in [0.4, 0.5) is 0 Å². The minimum absolute atomic E-state index is 0.227. The van der Waals surface area contributed by atoms with E-state index in [4.69, 9.17) is 0 Å². The normalized spacial score (nSPS) is 12.3. The molecule has 0 aliphatic heterocycles. The highest BCUT2D eigenvalue weighted by atomic mass is 32.2. The van der Waals surface area contributed by atoms with Gasteiger partial charge in [-0.2, -0.15) is 0 Å². The summed E-state index contributed by atoms with van der Waals surface area (Å²) in [6.45, 7) is 2.10. The maximum atomic E-state index is 4.34. The Kier molecular flexibility index (Phi) is 4.73. The van der Waals surface area contributed by atoms with Crippen LogP contribution in [0.25, 0.3) is 0 Å². The SMILES string of the molecule is CNC(CSc1ccc(C)cc1)c1cnccn1. The van der Waals surface area contributed by atoms with Gasteiger partial charge in [0.2, 0.25) is 0 Å². The maximum Gasteiger partial charge on any atom is 0.0764 e. The van der Waals surface area contributed by atoms with Gasteiger partial charge in [0.15, 0.2) is 0 Å². The standard InChI is InChI=1S/C14H17N3S/c1-11-3-5-12(6-4-11)18-10-14(15-2)13-9-16-7-8-17-13/h3-9,14-15H,10H2,1-2H3. The van der Waals surface area contributed by atoms with Crippen LogP contribution in [0, 0.1) is 6.92 Å². The molecule has 0 saturated carbocycles. The molecule has 2 rings (SSSR count). The van der Waals surface area contributed by atoms with Crippen molar-refractivity contribution in [2.45, 2.75) is 17.9 Å². The van der Waals surface area contributed by atoms with Gasteiger partial charge in [-0.1, -0.05) is 17.7 Å². The molecule has 0 aliphatic carbocycles. The van der Waals surface area contributed by atoms with Gasteiger partial charge < -0.3 is 5.32 Å². The van der Waals surface area contributed by atoms with Gasteiger partial charge in [0, 0.05) is 29.2 Å². The number of aryl methyl sites for hydroxylation is 1. The van der Waals surface area contributed by atoms with Crippen LogP contribution < -0.4 is 5.32 Å². The molecule has 1 heterocycles. The van der Waals surface area contributed by atoms with Gasteiger partial charge in [-0.05, 0) is 26.1 Å². The van der Waals surface area contributed by atoms with Crippen molar-refractivity contribution in [1.29, 1.82) is 0 Å². The quantitative estimate of drug-likeness (QED) is 0.838. The first-order chi connectivity index (χ1) is 8.79. The van der Waals surface area contributed by atoms with Crippen molar-refractivity contribution < 1.29 is 0 Å². The van der Waals surface area contributed by atoms with Gasteiger partial charge in [-0.15, -0.1) is 11.8 Å². The highest BCUT2D eigenvalue weighted by molar-refractivity contribution is 7.99. The highest BCUT2D eigenvalue weighted by Gasteiger charge is 2.10. The molecular weight excluding hydrogens is 242 g/mol. The third kappa shape index (κ3) is 3.55. The van der Waals surface area contributed by atoms with E-state index < -0.39 is 0 Å². The minimum atomic E-state index is 0.227. The average Bonchev–Trinajstić information content (AvgIpc) is 2.43. The lowest BCUT2D eigenvalue weighted by atomic mass is 10.2. The van der Waals surface area contributed by atoms with Gasteiger partial charge in [-0.3, -0.25) is 9.97 Å². The number of thioether (sulfide) groups is 1. The van der Waals surface area contributed by atoms with Crippen molar-refractivity contribution in [2.75, 3.05) is 12.8 Å². The Labute approximate surface area is 112 Å². The lowest BCUT2D eigenvalue weighted by molar-refractivity contribution is 0.638. The monoisotopic (exact) mass is 259 g/mol. The van der Waals surface area contributed by atoms with Crippen LogP contribution in [-0.2, 0) is 0 Å². The van der Waals surface area contributed by atoms with Crippen molar-refractivity contribution in [3.63, 3.8) is 0 Å². The number of aromatic nitrogens is 2. The number of benzene rings is 1. The Bertz CT molecular complexity index is 470. The number of nitrogens with one attached hydrogen (secondary N) is 1. The van der Waals surface area contributed by atoms with E-state index in [0.29, 0.717) is 0 Å². The first kappa shape index (κ1) is 13.1. The number of hydrogen-bond acceptors (Lipinski definition) is 4. The van der Waals surface area contributed by atoms with Crippen LogP contribution in [0.2, 0.25) is 0 Å². The van der Waals surface area contributed by atoms with Gasteiger partial charge in [0.05, 0.1) is 11.7 Å². The summed E-state index contributed by atoms with van der Waals surface area (Å²) in [5, 5.41) is 3.28. The molecule has 4 heteroatoms. The van der Waals surface area contributed by atoms with Crippen LogP contribution in [0.15, 0.2) is 47.8 Å². The summed E-state index contributed by atoms with van der Waals surface area (Å²) in [7, 11) is 1.95. The van der Waals surface area contributed by atoms with E-state index in [2.05, 4.69) is 46.5 Å². The van der Waals surface area contributed by atoms with Gasteiger partial charge in [-0.25, -0.2) is 0 Å². The largest absolute Gasteiger partial charge is 0.311 e. The summed E-state index contributed by atoms with van der Waals surface area (Å²) in [6.07, 6.45) is 5.25. The summed E-state index contributed by atoms with van der Waals surface area (Å²) in [4.78, 5) is 9.73. The Morgan fingerprint density at radius 2 is 2.00 bits per heavy atom. The number of nitrogens with zero attached hydrogens (tertiary/aromatic N) is 2. The smallest absolute Gasteiger partial charge is 0.0764 e. The van der Waals surface area contributed by atoms with E-state index in [0.717, 1.165) is 11.4 Å². The lowest BCUT2D eigenvalue weighted by Crippen LogP contribution is -2.20. The third-order valence-corrected chi connectivity index (χ3v) is 3.83. The van der Waals surface area contributed by atoms with Crippen molar-refractivity contribution in [2.24, 2.45) is 0 Å². The van der Waals surface area contributed by atoms with Crippen molar-refractivity contribution >= 4 is 11.8 Å². The molecule has 3 nitrogen and oxygen atoms in total. The van der Waals surface area contributed by atoms with Crippen LogP contribution in [-0.4, -0.2) is 22.8 Å². The molecule has 1 N–H and O–H groups in total. The fourth-order valence-corrected chi connectivity index (χ4v) is 2.65. The van der Waals surface area contributed by atoms with Gasteiger partial charge >= 0.3 is 0 Å². The third-order valence-electron chi connectivity index (χ3n) is 2.73. The fraction of sp³-hybridized carbons (Fsp3) is 0.286.